The summed E-state index contributed by atoms with van der Waals surface area (Å²) in [5.74, 6) is -0.548. The highest BCUT2D eigenvalue weighted by Crippen LogP contribution is 2.36. The summed E-state index contributed by atoms with van der Waals surface area (Å²) in [7, 11) is 0. The molecule has 0 saturated heterocycles. The number of thioether (sulfide) groups is 1. The number of nitrogens with one attached hydrogen (secondary N) is 1. The first-order valence-electron chi connectivity index (χ1n) is 9.25. The predicted molar refractivity (Wildman–Crippen MR) is 119 cm³/mol. The van der Waals surface area contributed by atoms with Crippen molar-refractivity contribution in [1.82, 2.24) is 15.0 Å². The third-order valence-electron chi connectivity index (χ3n) is 4.31. The average Bonchev–Trinajstić information content (AvgIpc) is 3.14. The van der Waals surface area contributed by atoms with Gasteiger partial charge in [-0.3, -0.25) is 4.79 Å². The molecular weight excluding hydrogens is 485 g/mol. The van der Waals surface area contributed by atoms with Crippen LogP contribution in [0.15, 0.2) is 40.3 Å². The molecule has 0 spiro atoms. The minimum absolute atomic E-state index is 0.0348. The summed E-state index contributed by atoms with van der Waals surface area (Å²) < 4.78 is 38.1. The highest BCUT2D eigenvalue weighted by atomic mass is 35.5. The van der Waals surface area contributed by atoms with Crippen LogP contribution in [0.1, 0.15) is 25.1 Å². The van der Waals surface area contributed by atoms with Gasteiger partial charge in [-0.05, 0) is 26.0 Å². The van der Waals surface area contributed by atoms with Gasteiger partial charge < -0.3 is 10.4 Å². The lowest BCUT2D eigenvalue weighted by atomic mass is 10.1. The molecule has 3 aromatic rings. The third kappa shape index (κ3) is 6.11. The topological polar surface area (TPSA) is 88.0 Å². The van der Waals surface area contributed by atoms with E-state index in [-0.39, 0.29) is 5.02 Å². The molecule has 0 aliphatic rings. The minimum Gasteiger partial charge on any atom is -0.480 e. The van der Waals surface area contributed by atoms with Crippen molar-refractivity contribution in [3.05, 3.63) is 52.3 Å². The fourth-order valence-corrected chi connectivity index (χ4v) is 5.01. The summed E-state index contributed by atoms with van der Waals surface area (Å²) >= 11 is 8.60. The molecule has 0 fully saturated rings. The summed E-state index contributed by atoms with van der Waals surface area (Å²) in [6.45, 7) is 3.75. The first kappa shape index (κ1) is 24.3. The number of benzene rings is 1. The van der Waals surface area contributed by atoms with Gasteiger partial charge in [0.25, 0.3) is 0 Å². The van der Waals surface area contributed by atoms with E-state index < -0.39 is 22.5 Å². The smallest absolute Gasteiger partial charge is 0.416 e. The maximum absolute atomic E-state index is 12.8. The summed E-state index contributed by atoms with van der Waals surface area (Å²) in [6.07, 6.45) is -0.916. The van der Waals surface area contributed by atoms with Gasteiger partial charge in [0.2, 0.25) is 5.95 Å². The monoisotopic (exact) mass is 502 g/mol. The normalized spacial score (nSPS) is 12.1. The van der Waals surface area contributed by atoms with E-state index in [2.05, 4.69) is 20.3 Å². The Hall–Kier alpha value is -2.37. The Morgan fingerprint density at radius 1 is 1.25 bits per heavy atom. The van der Waals surface area contributed by atoms with E-state index in [1.807, 2.05) is 5.38 Å². The maximum Gasteiger partial charge on any atom is 0.416 e. The van der Waals surface area contributed by atoms with Crippen LogP contribution < -0.4 is 5.32 Å². The lowest BCUT2D eigenvalue weighted by molar-refractivity contribution is -0.139. The molecule has 0 radical (unpaired) electrons. The SMILES string of the molecule is CC(C)(Sc1nc(CCNc2ncc(-c3ccc(C(F)(F)F)cc3Cl)cn2)cs1)C(=O)O. The summed E-state index contributed by atoms with van der Waals surface area (Å²) in [4.78, 5) is 24.0. The van der Waals surface area contributed by atoms with Crippen LogP contribution in [0, 0.1) is 0 Å². The number of anilines is 1. The van der Waals surface area contributed by atoms with Crippen molar-refractivity contribution in [2.45, 2.75) is 35.5 Å². The van der Waals surface area contributed by atoms with E-state index >= 15 is 0 Å². The molecule has 32 heavy (non-hydrogen) atoms. The van der Waals surface area contributed by atoms with E-state index in [4.69, 9.17) is 11.6 Å². The quantitative estimate of drug-likeness (QED) is 0.372. The van der Waals surface area contributed by atoms with Gasteiger partial charge in [-0.1, -0.05) is 29.4 Å². The largest absolute Gasteiger partial charge is 0.480 e. The molecule has 2 heterocycles. The van der Waals surface area contributed by atoms with Crippen LogP contribution in [0.5, 0.6) is 0 Å². The van der Waals surface area contributed by atoms with Crippen molar-refractivity contribution in [2.75, 3.05) is 11.9 Å². The Morgan fingerprint density at radius 3 is 2.53 bits per heavy atom. The number of thiazole rings is 1. The van der Waals surface area contributed by atoms with Crippen molar-refractivity contribution in [3.8, 4) is 11.1 Å². The predicted octanol–water partition coefficient (Wildman–Crippen LogP) is 5.88. The molecule has 0 amide bonds. The van der Waals surface area contributed by atoms with Crippen molar-refractivity contribution in [3.63, 3.8) is 0 Å². The molecule has 0 aliphatic carbocycles. The van der Waals surface area contributed by atoms with E-state index in [9.17, 15) is 23.1 Å². The van der Waals surface area contributed by atoms with Gasteiger partial charge in [-0.25, -0.2) is 15.0 Å². The molecule has 0 bridgehead atoms. The van der Waals surface area contributed by atoms with Gasteiger partial charge in [0.05, 0.1) is 11.3 Å². The van der Waals surface area contributed by atoms with Crippen molar-refractivity contribution in [1.29, 1.82) is 0 Å². The number of nitrogens with zero attached hydrogens (tertiary/aromatic N) is 3. The zero-order chi connectivity index (χ0) is 23.5. The van der Waals surface area contributed by atoms with Gasteiger partial charge in [0.1, 0.15) is 4.75 Å². The van der Waals surface area contributed by atoms with Gasteiger partial charge >= 0.3 is 12.1 Å². The highest BCUT2D eigenvalue weighted by molar-refractivity contribution is 8.02. The molecule has 170 valence electrons. The fourth-order valence-electron chi connectivity index (χ4n) is 2.50. The molecule has 0 unspecified atom stereocenters. The first-order valence-corrected chi connectivity index (χ1v) is 11.3. The van der Waals surface area contributed by atoms with E-state index in [0.29, 0.717) is 34.4 Å². The maximum atomic E-state index is 12.8. The van der Waals surface area contributed by atoms with E-state index in [0.717, 1.165) is 17.8 Å². The number of carboxylic acids is 1. The van der Waals surface area contributed by atoms with E-state index in [1.165, 1.54) is 41.6 Å². The van der Waals surface area contributed by atoms with Crippen molar-refractivity contribution in [2.24, 2.45) is 0 Å². The molecule has 0 atom stereocenters. The number of aliphatic carboxylic acids is 1. The number of rotatable bonds is 8. The number of carbonyl (C=O) groups is 1. The van der Waals surface area contributed by atoms with Gasteiger partial charge in [-0.15, -0.1) is 11.3 Å². The lowest BCUT2D eigenvalue weighted by Crippen LogP contribution is -2.26. The van der Waals surface area contributed by atoms with Crippen molar-refractivity contribution >= 4 is 46.6 Å². The van der Waals surface area contributed by atoms with Gasteiger partial charge in [0, 0.05) is 46.9 Å². The fraction of sp³-hybridized carbons (Fsp3) is 0.300. The number of halogens is 4. The zero-order valence-electron chi connectivity index (χ0n) is 16.9. The summed E-state index contributed by atoms with van der Waals surface area (Å²) in [5.41, 5.74) is 0.902. The molecule has 2 aromatic heterocycles. The van der Waals surface area contributed by atoms with Crippen LogP contribution in [0.4, 0.5) is 19.1 Å². The summed E-state index contributed by atoms with van der Waals surface area (Å²) in [6, 6.07) is 3.13. The Morgan fingerprint density at radius 2 is 1.94 bits per heavy atom. The minimum atomic E-state index is -4.46. The molecule has 6 nitrogen and oxygen atoms in total. The lowest BCUT2D eigenvalue weighted by Gasteiger charge is -2.15. The zero-order valence-corrected chi connectivity index (χ0v) is 19.3. The molecule has 0 aliphatic heterocycles. The number of carboxylic acid groups (broad SMARTS) is 1. The molecule has 0 saturated carbocycles. The van der Waals surface area contributed by atoms with E-state index in [1.54, 1.807) is 13.8 Å². The average molecular weight is 503 g/mol. The van der Waals surface area contributed by atoms with Crippen molar-refractivity contribution < 1.29 is 23.1 Å². The van der Waals surface area contributed by atoms with Crippen LogP contribution >= 0.6 is 34.7 Å². The molecule has 2 N–H and O–H groups in total. The number of alkyl halides is 3. The first-order chi connectivity index (χ1) is 15.0. The Balaban J connectivity index is 1.57. The molecule has 3 rings (SSSR count). The molecular formula is C20H18ClF3N4O2S2. The van der Waals surface area contributed by atoms with Gasteiger partial charge in [0.15, 0.2) is 4.34 Å². The second kappa shape index (κ2) is 9.63. The Bertz CT molecular complexity index is 1100. The van der Waals surface area contributed by atoms with Crippen LogP contribution in [-0.4, -0.2) is 37.3 Å². The highest BCUT2D eigenvalue weighted by Gasteiger charge is 2.31. The Labute approximate surface area is 195 Å². The van der Waals surface area contributed by atoms with Crippen LogP contribution in [-0.2, 0) is 17.4 Å². The molecule has 1 aromatic carbocycles. The summed E-state index contributed by atoms with van der Waals surface area (Å²) in [5, 5.41) is 14.1. The second-order valence-corrected chi connectivity index (χ2v) is 10.3. The number of aromatic nitrogens is 3. The third-order valence-corrected chi connectivity index (χ3v) is 6.80. The van der Waals surface area contributed by atoms with Crippen LogP contribution in [0.2, 0.25) is 5.02 Å². The number of hydrogen-bond acceptors (Lipinski definition) is 7. The van der Waals surface area contributed by atoms with Crippen LogP contribution in [0.25, 0.3) is 11.1 Å². The van der Waals surface area contributed by atoms with Gasteiger partial charge in [-0.2, -0.15) is 13.2 Å². The number of hydrogen-bond donors (Lipinski definition) is 2. The molecule has 12 heteroatoms. The second-order valence-electron chi connectivity index (χ2n) is 7.19. The van der Waals surface area contributed by atoms with Crippen LogP contribution in [0.3, 0.4) is 0 Å². The Kier molecular flexibility index (Phi) is 7.31. The standard InChI is InChI=1S/C20H18ClF3N4O2S2/c1-19(2,16(29)30)32-18-28-13(10-31-18)5-6-25-17-26-8-11(9-27-17)14-4-3-12(7-15(14)21)20(22,23)24/h3-4,7-10H,5-6H2,1-2H3,(H,29,30)(H,25,26,27).